The first-order valence-corrected chi connectivity index (χ1v) is 10.2. The van der Waals surface area contributed by atoms with Gasteiger partial charge in [-0.2, -0.15) is 18.3 Å². The van der Waals surface area contributed by atoms with E-state index in [-0.39, 0.29) is 30.2 Å². The number of ether oxygens (including phenoxy) is 2. The van der Waals surface area contributed by atoms with Crippen molar-refractivity contribution in [2.75, 3.05) is 25.6 Å². The van der Waals surface area contributed by atoms with Gasteiger partial charge in [-0.25, -0.2) is 4.98 Å². The molecule has 0 fully saturated rings. The Labute approximate surface area is 192 Å². The van der Waals surface area contributed by atoms with E-state index in [2.05, 4.69) is 15.4 Å². The van der Waals surface area contributed by atoms with Crippen LogP contribution in [0.4, 0.5) is 18.9 Å². The van der Waals surface area contributed by atoms with Crippen molar-refractivity contribution < 1.29 is 31.9 Å². The minimum absolute atomic E-state index is 0.0814. The second kappa shape index (κ2) is 9.18. The summed E-state index contributed by atoms with van der Waals surface area (Å²) in [5, 5.41) is 7.38. The number of hydrogen-bond acceptors (Lipinski definition) is 6. The number of anilines is 1. The highest BCUT2D eigenvalue weighted by Crippen LogP contribution is 2.36. The van der Waals surface area contributed by atoms with Gasteiger partial charge in [0.05, 0.1) is 40.8 Å². The molecule has 0 bridgehead atoms. The molecule has 0 aliphatic heterocycles. The zero-order chi connectivity index (χ0) is 24.5. The van der Waals surface area contributed by atoms with Gasteiger partial charge < -0.3 is 19.2 Å². The molecule has 1 N–H and O–H groups in total. The van der Waals surface area contributed by atoms with Crippen molar-refractivity contribution in [2.24, 2.45) is 7.05 Å². The normalized spacial score (nSPS) is 11.7. The molecule has 0 atom stereocenters. The number of nitrogens with one attached hydrogen (secondary N) is 1. The third-order valence-electron chi connectivity index (χ3n) is 5.09. The van der Waals surface area contributed by atoms with Gasteiger partial charge >= 0.3 is 6.18 Å². The van der Waals surface area contributed by atoms with E-state index in [1.807, 2.05) is 0 Å². The molecule has 0 aliphatic carbocycles. The Morgan fingerprint density at radius 3 is 2.68 bits per heavy atom. The van der Waals surface area contributed by atoms with E-state index in [0.717, 1.165) is 12.1 Å². The maximum atomic E-state index is 13.4. The molecule has 3 aromatic heterocycles. The average Bonchev–Trinajstić information content (AvgIpc) is 3.42. The van der Waals surface area contributed by atoms with Gasteiger partial charge in [0.25, 0.3) is 5.91 Å². The Hall–Kier alpha value is -3.86. The van der Waals surface area contributed by atoms with Crippen LogP contribution in [0.2, 0.25) is 0 Å². The van der Waals surface area contributed by atoms with E-state index in [9.17, 15) is 18.0 Å². The van der Waals surface area contributed by atoms with Gasteiger partial charge in [-0.3, -0.25) is 9.48 Å². The topological polar surface area (TPSA) is 91.4 Å². The number of carbonyl (C=O) groups is 1. The Bertz CT molecular complexity index is 1330. The van der Waals surface area contributed by atoms with Gasteiger partial charge in [0.2, 0.25) is 0 Å². The van der Waals surface area contributed by atoms with Crippen LogP contribution in [0.15, 0.2) is 47.1 Å². The largest absolute Gasteiger partial charge is 0.489 e. The highest BCUT2D eigenvalue weighted by atomic mass is 19.4. The molecule has 178 valence electrons. The smallest absolute Gasteiger partial charge is 0.416 e. The number of amides is 1. The van der Waals surface area contributed by atoms with E-state index in [0.29, 0.717) is 28.2 Å². The maximum absolute atomic E-state index is 13.4. The van der Waals surface area contributed by atoms with Crippen molar-refractivity contribution in [3.63, 3.8) is 0 Å². The summed E-state index contributed by atoms with van der Waals surface area (Å²) < 4.78 is 57.4. The molecule has 11 heteroatoms. The van der Waals surface area contributed by atoms with Crippen molar-refractivity contribution in [3.05, 3.63) is 59.5 Å². The van der Waals surface area contributed by atoms with Crippen LogP contribution in [0.25, 0.3) is 22.5 Å². The number of fused-ring (bicyclic) bond motifs is 1. The number of rotatable bonds is 7. The number of halogens is 3. The highest BCUT2D eigenvalue weighted by molar-refractivity contribution is 6.13. The Morgan fingerprint density at radius 1 is 1.21 bits per heavy atom. The van der Waals surface area contributed by atoms with Crippen molar-refractivity contribution in [1.82, 2.24) is 14.8 Å². The van der Waals surface area contributed by atoms with Crippen LogP contribution in [0.1, 0.15) is 21.6 Å². The molecule has 0 unspecified atom stereocenters. The summed E-state index contributed by atoms with van der Waals surface area (Å²) in [7, 11) is 3.16. The molecule has 3 heterocycles. The molecular weight excluding hydrogens is 453 g/mol. The van der Waals surface area contributed by atoms with Crippen molar-refractivity contribution in [2.45, 2.75) is 13.1 Å². The lowest BCUT2D eigenvalue weighted by Crippen LogP contribution is -2.16. The molecule has 4 aromatic rings. The molecule has 4 rings (SSSR count). The minimum atomic E-state index is -4.60. The number of pyridine rings is 1. The predicted octanol–water partition coefficient (Wildman–Crippen LogP) is 4.83. The van der Waals surface area contributed by atoms with Gasteiger partial charge in [-0.1, -0.05) is 0 Å². The van der Waals surface area contributed by atoms with Crippen molar-refractivity contribution in [3.8, 4) is 17.2 Å². The van der Waals surface area contributed by atoms with E-state index < -0.39 is 17.6 Å². The first-order chi connectivity index (χ1) is 16.2. The summed E-state index contributed by atoms with van der Waals surface area (Å²) in [6, 6.07) is 7.78. The summed E-state index contributed by atoms with van der Waals surface area (Å²) >= 11 is 0. The minimum Gasteiger partial charge on any atom is -0.489 e. The standard InChI is InChI=1S/C23H21F3N4O4/c1-13-20-15(12-17(18-5-4-8-33-18)27-21(20)30(2)29-13)22(31)28-16-11-14(23(24,25)26)6-7-19(16)34-10-9-32-3/h4-8,11-12H,9-10H2,1-3H3,(H,28,31). The Balaban J connectivity index is 1.78. The molecule has 1 amide bonds. The molecule has 0 saturated heterocycles. The number of furan rings is 1. The maximum Gasteiger partial charge on any atom is 0.416 e. The first-order valence-electron chi connectivity index (χ1n) is 10.2. The summed E-state index contributed by atoms with van der Waals surface area (Å²) in [5.74, 6) is -0.137. The summed E-state index contributed by atoms with van der Waals surface area (Å²) in [5.41, 5.74) is 0.491. The fourth-order valence-electron chi connectivity index (χ4n) is 3.53. The lowest BCUT2D eigenvalue weighted by Gasteiger charge is -2.16. The van der Waals surface area contributed by atoms with Crippen LogP contribution in [0.3, 0.4) is 0 Å². The van der Waals surface area contributed by atoms with Crippen molar-refractivity contribution in [1.29, 1.82) is 0 Å². The number of methoxy groups -OCH3 is 1. The van der Waals surface area contributed by atoms with Crippen LogP contribution in [0, 0.1) is 6.92 Å². The predicted molar refractivity (Wildman–Crippen MR) is 118 cm³/mol. The molecule has 8 nitrogen and oxygen atoms in total. The van der Waals surface area contributed by atoms with E-state index in [1.54, 1.807) is 26.1 Å². The number of carbonyl (C=O) groups excluding carboxylic acids is 1. The zero-order valence-electron chi connectivity index (χ0n) is 18.6. The summed E-state index contributed by atoms with van der Waals surface area (Å²) in [6.45, 7) is 2.03. The second-order valence-electron chi connectivity index (χ2n) is 7.44. The SMILES string of the molecule is COCCOc1ccc(C(F)(F)F)cc1NC(=O)c1cc(-c2ccco2)nc2c1c(C)nn2C. The molecule has 0 spiro atoms. The van der Waals surface area contributed by atoms with Crippen LogP contribution in [0.5, 0.6) is 5.75 Å². The molecular formula is C23H21F3N4O4. The van der Waals surface area contributed by atoms with Gasteiger partial charge in [-0.15, -0.1) is 0 Å². The number of nitrogens with zero attached hydrogens (tertiary/aromatic N) is 3. The van der Waals surface area contributed by atoms with E-state index in [4.69, 9.17) is 13.9 Å². The Morgan fingerprint density at radius 2 is 2.00 bits per heavy atom. The zero-order valence-corrected chi connectivity index (χ0v) is 18.6. The first kappa shape index (κ1) is 23.3. The fourth-order valence-corrected chi connectivity index (χ4v) is 3.53. The lowest BCUT2D eigenvalue weighted by atomic mass is 10.1. The van der Waals surface area contributed by atoms with E-state index >= 15 is 0 Å². The van der Waals surface area contributed by atoms with Crippen LogP contribution in [-0.2, 0) is 18.0 Å². The molecule has 1 aromatic carbocycles. The number of aryl methyl sites for hydroxylation is 2. The van der Waals surface area contributed by atoms with Crippen molar-refractivity contribution >= 4 is 22.6 Å². The fraction of sp³-hybridized carbons (Fsp3) is 0.261. The second-order valence-corrected chi connectivity index (χ2v) is 7.44. The number of benzene rings is 1. The summed E-state index contributed by atoms with van der Waals surface area (Å²) in [6.07, 6.45) is -3.12. The van der Waals surface area contributed by atoms with Gasteiger partial charge in [0.15, 0.2) is 11.4 Å². The van der Waals surface area contributed by atoms with Crippen LogP contribution < -0.4 is 10.1 Å². The van der Waals surface area contributed by atoms with Gasteiger partial charge in [0, 0.05) is 14.2 Å². The molecule has 34 heavy (non-hydrogen) atoms. The third kappa shape index (κ3) is 4.60. The third-order valence-corrected chi connectivity index (χ3v) is 5.09. The molecule has 0 radical (unpaired) electrons. The summed E-state index contributed by atoms with van der Waals surface area (Å²) in [4.78, 5) is 17.9. The number of hydrogen-bond donors (Lipinski definition) is 1. The van der Waals surface area contributed by atoms with Gasteiger partial charge in [-0.05, 0) is 43.3 Å². The molecule has 0 aliphatic rings. The quantitative estimate of drug-likeness (QED) is 0.386. The number of alkyl halides is 3. The number of aromatic nitrogens is 3. The average molecular weight is 474 g/mol. The lowest BCUT2D eigenvalue weighted by molar-refractivity contribution is -0.137. The van der Waals surface area contributed by atoms with Crippen LogP contribution >= 0.6 is 0 Å². The highest BCUT2D eigenvalue weighted by Gasteiger charge is 2.31. The van der Waals surface area contributed by atoms with E-state index in [1.165, 1.54) is 30.2 Å². The molecule has 0 saturated carbocycles. The van der Waals surface area contributed by atoms with Crippen LogP contribution in [-0.4, -0.2) is 41.0 Å². The monoisotopic (exact) mass is 474 g/mol. The van der Waals surface area contributed by atoms with Gasteiger partial charge in [0.1, 0.15) is 18.1 Å². The Kier molecular flexibility index (Phi) is 6.29.